The molecule has 0 aliphatic carbocycles. The normalized spacial score (nSPS) is 12.2. The van der Waals surface area contributed by atoms with Crippen molar-refractivity contribution in [1.29, 1.82) is 0 Å². The van der Waals surface area contributed by atoms with Crippen molar-refractivity contribution in [3.63, 3.8) is 0 Å². The van der Waals surface area contributed by atoms with E-state index in [0.717, 1.165) is 33.1 Å². The highest BCUT2D eigenvalue weighted by atomic mass is 16.4. The quantitative estimate of drug-likeness (QED) is 0.156. The van der Waals surface area contributed by atoms with Crippen molar-refractivity contribution in [2.45, 2.75) is 26.4 Å². The van der Waals surface area contributed by atoms with Crippen molar-refractivity contribution >= 4 is 27.8 Å². The van der Waals surface area contributed by atoms with Gasteiger partial charge in [-0.2, -0.15) is 0 Å². The zero-order chi connectivity index (χ0) is 26.2. The van der Waals surface area contributed by atoms with Crippen LogP contribution in [0.25, 0.3) is 22.0 Å². The molecule has 0 bridgehead atoms. The Morgan fingerprint density at radius 2 is 1.50 bits per heavy atom. The third kappa shape index (κ3) is 4.22. The lowest BCUT2D eigenvalue weighted by molar-refractivity contribution is -0.658. The van der Waals surface area contributed by atoms with Crippen LogP contribution in [0.4, 0.5) is 0 Å². The molecule has 2 aromatic heterocycles. The fourth-order valence-corrected chi connectivity index (χ4v) is 5.09. The average Bonchev–Trinajstić information content (AvgIpc) is 3.26. The molecule has 6 aromatic rings. The highest BCUT2D eigenvalue weighted by Crippen LogP contribution is 2.30. The number of imidazole rings is 1. The highest BCUT2D eigenvalue weighted by Gasteiger charge is 2.30. The summed E-state index contributed by atoms with van der Waals surface area (Å²) >= 11 is 0. The molecule has 0 amide bonds. The summed E-state index contributed by atoms with van der Waals surface area (Å²) in [4.78, 5) is 26.6. The molecule has 0 radical (unpaired) electrons. The van der Waals surface area contributed by atoms with E-state index >= 15 is 0 Å². The molecule has 38 heavy (non-hydrogen) atoms. The van der Waals surface area contributed by atoms with E-state index in [2.05, 4.69) is 30.5 Å². The van der Waals surface area contributed by atoms with Crippen LogP contribution in [0.1, 0.15) is 38.7 Å². The van der Waals surface area contributed by atoms with Gasteiger partial charge in [-0.3, -0.25) is 4.79 Å². The SMILES string of the molecule is Cc1cc2c(cc1C)[n+](CC(=O)c1ccccc1)cn2C(c1ccccc1)c1cc2ccccc2oc1=O. The molecular formula is C33H27N2O3+. The summed E-state index contributed by atoms with van der Waals surface area (Å²) in [5.74, 6) is 0.0226. The maximum atomic E-state index is 13.4. The molecule has 5 heteroatoms. The first-order valence-corrected chi connectivity index (χ1v) is 12.7. The maximum absolute atomic E-state index is 13.4. The van der Waals surface area contributed by atoms with Gasteiger partial charge >= 0.3 is 5.63 Å². The zero-order valence-electron chi connectivity index (χ0n) is 21.3. The summed E-state index contributed by atoms with van der Waals surface area (Å²) in [6.07, 6.45) is 1.96. The number of benzene rings is 4. The minimum atomic E-state index is -0.449. The Labute approximate surface area is 220 Å². The van der Waals surface area contributed by atoms with E-state index in [-0.39, 0.29) is 18.0 Å². The second-order valence-corrected chi connectivity index (χ2v) is 9.71. The number of nitrogens with zero attached hydrogens (tertiary/aromatic N) is 2. The number of carbonyl (C=O) groups excluding carboxylic acids is 1. The van der Waals surface area contributed by atoms with E-state index in [0.29, 0.717) is 16.7 Å². The van der Waals surface area contributed by atoms with E-state index in [1.54, 1.807) is 6.07 Å². The molecule has 5 nitrogen and oxygen atoms in total. The third-order valence-corrected chi connectivity index (χ3v) is 7.21. The highest BCUT2D eigenvalue weighted by molar-refractivity contribution is 5.95. The third-order valence-electron chi connectivity index (χ3n) is 7.21. The predicted octanol–water partition coefficient (Wildman–Crippen LogP) is 6.17. The minimum absolute atomic E-state index is 0.0226. The Bertz CT molecular complexity index is 1850. The van der Waals surface area contributed by atoms with Crippen molar-refractivity contribution in [1.82, 2.24) is 4.57 Å². The van der Waals surface area contributed by atoms with Crippen LogP contribution in [0.5, 0.6) is 0 Å². The van der Waals surface area contributed by atoms with Gasteiger partial charge in [0.25, 0.3) is 0 Å². The molecule has 1 atom stereocenters. The van der Waals surface area contributed by atoms with Gasteiger partial charge in [-0.1, -0.05) is 78.9 Å². The van der Waals surface area contributed by atoms with E-state index in [1.807, 2.05) is 95.8 Å². The van der Waals surface area contributed by atoms with Crippen LogP contribution in [0.15, 0.2) is 119 Å². The fraction of sp³-hybridized carbons (Fsp3) is 0.121. The number of para-hydroxylation sites is 1. The van der Waals surface area contributed by atoms with Crippen LogP contribution in [-0.4, -0.2) is 10.4 Å². The lowest BCUT2D eigenvalue weighted by Crippen LogP contribution is -2.37. The minimum Gasteiger partial charge on any atom is -0.422 e. The van der Waals surface area contributed by atoms with Gasteiger partial charge in [0.05, 0.1) is 5.56 Å². The van der Waals surface area contributed by atoms with Crippen molar-refractivity contribution in [2.24, 2.45) is 0 Å². The summed E-state index contributed by atoms with van der Waals surface area (Å²) in [6, 6.07) is 32.5. The van der Waals surface area contributed by atoms with E-state index < -0.39 is 6.04 Å². The largest absolute Gasteiger partial charge is 0.422 e. The Morgan fingerprint density at radius 3 is 2.26 bits per heavy atom. The number of aryl methyl sites for hydroxylation is 2. The standard InChI is InChI=1S/C33H27N2O3/c1-22-17-28-29(18-23(22)2)35(21-34(28)20-30(36)24-11-5-3-6-12-24)32(25-13-7-4-8-14-25)27-19-26-15-9-10-16-31(26)38-33(27)37/h3-19,21,32H,20H2,1-2H3/q+1. The molecule has 0 N–H and O–H groups in total. The van der Waals surface area contributed by atoms with Crippen molar-refractivity contribution in [3.05, 3.63) is 148 Å². The van der Waals surface area contributed by atoms with E-state index in [1.165, 1.54) is 0 Å². The smallest absolute Gasteiger partial charge is 0.344 e. The van der Waals surface area contributed by atoms with Gasteiger partial charge in [0, 0.05) is 16.5 Å². The van der Waals surface area contributed by atoms with Gasteiger partial charge in [-0.05, 0) is 49.2 Å². The first-order chi connectivity index (χ1) is 18.5. The number of hydrogen-bond donors (Lipinski definition) is 0. The fourth-order valence-electron chi connectivity index (χ4n) is 5.09. The van der Waals surface area contributed by atoms with Crippen molar-refractivity contribution in [3.8, 4) is 0 Å². The number of ketones is 1. The Kier molecular flexibility index (Phi) is 5.97. The van der Waals surface area contributed by atoms with Crippen molar-refractivity contribution < 1.29 is 13.8 Å². The van der Waals surface area contributed by atoms with Crippen LogP contribution >= 0.6 is 0 Å². The van der Waals surface area contributed by atoms with Gasteiger partial charge in [0.2, 0.25) is 12.1 Å². The van der Waals surface area contributed by atoms with Crippen LogP contribution in [-0.2, 0) is 6.54 Å². The Morgan fingerprint density at radius 1 is 0.842 bits per heavy atom. The molecule has 186 valence electrons. The number of aromatic nitrogens is 2. The van der Waals surface area contributed by atoms with E-state index in [4.69, 9.17) is 4.42 Å². The maximum Gasteiger partial charge on any atom is 0.344 e. The summed E-state index contributed by atoms with van der Waals surface area (Å²) in [5, 5.41) is 0.860. The number of carbonyl (C=O) groups is 1. The van der Waals surface area contributed by atoms with Crippen LogP contribution in [0, 0.1) is 13.8 Å². The molecule has 4 aromatic carbocycles. The molecule has 1 unspecified atom stereocenters. The molecule has 6 rings (SSSR count). The molecular weight excluding hydrogens is 472 g/mol. The predicted molar refractivity (Wildman–Crippen MR) is 149 cm³/mol. The molecule has 0 spiro atoms. The first-order valence-electron chi connectivity index (χ1n) is 12.7. The molecule has 0 fully saturated rings. The van der Waals surface area contributed by atoms with Crippen LogP contribution < -0.4 is 10.2 Å². The second kappa shape index (κ2) is 9.60. The van der Waals surface area contributed by atoms with Gasteiger partial charge in [-0.15, -0.1) is 0 Å². The molecule has 0 saturated carbocycles. The van der Waals surface area contributed by atoms with Gasteiger partial charge in [-0.25, -0.2) is 13.9 Å². The average molecular weight is 500 g/mol. The van der Waals surface area contributed by atoms with Gasteiger partial charge < -0.3 is 4.42 Å². The van der Waals surface area contributed by atoms with Gasteiger partial charge in [0.1, 0.15) is 5.58 Å². The van der Waals surface area contributed by atoms with E-state index in [9.17, 15) is 9.59 Å². The Balaban J connectivity index is 1.59. The lowest BCUT2D eigenvalue weighted by Gasteiger charge is -2.15. The Hall–Kier alpha value is -4.77. The van der Waals surface area contributed by atoms with Crippen LogP contribution in [0.2, 0.25) is 0 Å². The number of fused-ring (bicyclic) bond motifs is 2. The molecule has 0 saturated heterocycles. The number of hydrogen-bond acceptors (Lipinski definition) is 3. The summed E-state index contributed by atoms with van der Waals surface area (Å²) < 4.78 is 9.85. The molecule has 0 aliphatic heterocycles. The topological polar surface area (TPSA) is 56.1 Å². The molecule has 2 heterocycles. The van der Waals surface area contributed by atoms with Crippen LogP contribution in [0.3, 0.4) is 0 Å². The molecule has 0 aliphatic rings. The summed E-state index contributed by atoms with van der Waals surface area (Å²) in [6.45, 7) is 4.33. The summed E-state index contributed by atoms with van der Waals surface area (Å²) in [5.41, 5.74) is 6.47. The number of Topliss-reactive ketones (excluding diaryl/α,β-unsaturated/α-hetero) is 1. The van der Waals surface area contributed by atoms with Crippen molar-refractivity contribution in [2.75, 3.05) is 0 Å². The monoisotopic (exact) mass is 499 g/mol. The summed E-state index contributed by atoms with van der Waals surface area (Å²) in [7, 11) is 0. The second-order valence-electron chi connectivity index (χ2n) is 9.71. The van der Waals surface area contributed by atoms with Gasteiger partial charge in [0.15, 0.2) is 23.6 Å². The first kappa shape index (κ1) is 23.6. The number of rotatable bonds is 6. The zero-order valence-corrected chi connectivity index (χ0v) is 21.3. The lowest BCUT2D eigenvalue weighted by atomic mass is 9.98.